The van der Waals surface area contributed by atoms with Gasteiger partial charge in [0, 0.05) is 20.3 Å². The van der Waals surface area contributed by atoms with E-state index >= 15 is 0 Å². The van der Waals surface area contributed by atoms with Gasteiger partial charge in [-0.3, -0.25) is 9.48 Å². The molecule has 1 amide bonds. The highest BCUT2D eigenvalue weighted by Crippen LogP contribution is 2.06. The van der Waals surface area contributed by atoms with Crippen LogP contribution in [0.5, 0.6) is 0 Å². The van der Waals surface area contributed by atoms with Crippen molar-refractivity contribution < 1.29 is 14.7 Å². The van der Waals surface area contributed by atoms with Crippen LogP contribution in [-0.4, -0.2) is 45.8 Å². The third-order valence-electron chi connectivity index (χ3n) is 1.99. The third-order valence-corrected chi connectivity index (χ3v) is 1.99. The van der Waals surface area contributed by atoms with E-state index in [9.17, 15) is 9.59 Å². The van der Waals surface area contributed by atoms with Gasteiger partial charge in [-0.15, -0.1) is 0 Å². The lowest BCUT2D eigenvalue weighted by atomic mass is 10.3. The van der Waals surface area contributed by atoms with Crippen molar-refractivity contribution in [3.05, 3.63) is 18.0 Å². The molecule has 1 rings (SSSR count). The van der Waals surface area contributed by atoms with Gasteiger partial charge in [0.1, 0.15) is 11.7 Å². The van der Waals surface area contributed by atoms with Crippen molar-refractivity contribution in [3.8, 4) is 0 Å². The first-order valence-corrected chi connectivity index (χ1v) is 4.43. The van der Waals surface area contributed by atoms with Crippen LogP contribution in [0.25, 0.3) is 0 Å². The summed E-state index contributed by atoms with van der Waals surface area (Å²) >= 11 is 0. The normalized spacial score (nSPS) is 12.2. The first-order chi connectivity index (χ1) is 6.93. The zero-order valence-electron chi connectivity index (χ0n) is 8.84. The van der Waals surface area contributed by atoms with Crippen molar-refractivity contribution in [2.45, 2.75) is 13.0 Å². The van der Waals surface area contributed by atoms with Gasteiger partial charge in [-0.2, -0.15) is 5.10 Å². The van der Waals surface area contributed by atoms with Gasteiger partial charge in [-0.1, -0.05) is 0 Å². The molecule has 0 spiro atoms. The van der Waals surface area contributed by atoms with Crippen LogP contribution in [0.15, 0.2) is 12.3 Å². The van der Waals surface area contributed by atoms with Crippen molar-refractivity contribution in [1.82, 2.24) is 14.7 Å². The fourth-order valence-electron chi connectivity index (χ4n) is 1.01. The minimum Gasteiger partial charge on any atom is -0.480 e. The summed E-state index contributed by atoms with van der Waals surface area (Å²) < 4.78 is 1.25. The van der Waals surface area contributed by atoms with Gasteiger partial charge < -0.3 is 10.0 Å². The molecule has 0 aliphatic heterocycles. The first-order valence-electron chi connectivity index (χ1n) is 4.43. The Balaban J connectivity index is 2.90. The van der Waals surface area contributed by atoms with Gasteiger partial charge in [0.05, 0.1) is 0 Å². The summed E-state index contributed by atoms with van der Waals surface area (Å²) in [5.74, 6) is -1.23. The molecule has 1 heterocycles. The van der Waals surface area contributed by atoms with Crippen molar-refractivity contribution in [2.24, 2.45) is 0 Å². The molecule has 1 aromatic heterocycles. The lowest BCUT2D eigenvalue weighted by Crippen LogP contribution is -2.23. The second-order valence-electron chi connectivity index (χ2n) is 3.39. The number of carbonyl (C=O) groups is 2. The Bertz CT molecular complexity index is 384. The standard InChI is InChI=1S/C9H13N3O3/c1-6(9(14)15)12-5-4-7(10-12)8(13)11(2)3/h4-6H,1-3H3,(H,14,15)/t6-/m0/s1. The zero-order chi connectivity index (χ0) is 11.6. The van der Waals surface area contributed by atoms with Crippen LogP contribution in [0, 0.1) is 0 Å². The van der Waals surface area contributed by atoms with Gasteiger partial charge in [0.2, 0.25) is 0 Å². The van der Waals surface area contributed by atoms with Crippen LogP contribution >= 0.6 is 0 Å². The molecule has 0 bridgehead atoms. The molecule has 0 aromatic carbocycles. The van der Waals surface area contributed by atoms with Crippen molar-refractivity contribution in [1.29, 1.82) is 0 Å². The van der Waals surface area contributed by atoms with E-state index in [0.29, 0.717) is 0 Å². The molecule has 0 aliphatic carbocycles. The van der Waals surface area contributed by atoms with E-state index in [0.717, 1.165) is 0 Å². The molecule has 0 aliphatic rings. The topological polar surface area (TPSA) is 75.4 Å². The third kappa shape index (κ3) is 2.34. The molecule has 6 nitrogen and oxygen atoms in total. The molecule has 6 heteroatoms. The summed E-state index contributed by atoms with van der Waals surface area (Å²) in [6, 6.07) is 0.732. The minimum atomic E-state index is -0.984. The van der Waals surface area contributed by atoms with Gasteiger partial charge in [-0.25, -0.2) is 4.79 Å². The van der Waals surface area contributed by atoms with Crippen molar-refractivity contribution in [2.75, 3.05) is 14.1 Å². The summed E-state index contributed by atoms with van der Waals surface area (Å²) in [6.07, 6.45) is 1.48. The van der Waals surface area contributed by atoms with Crippen molar-refractivity contribution in [3.63, 3.8) is 0 Å². The number of hydrogen-bond acceptors (Lipinski definition) is 3. The summed E-state index contributed by atoms with van der Waals surface area (Å²) in [5.41, 5.74) is 0.244. The smallest absolute Gasteiger partial charge is 0.328 e. The van der Waals surface area contributed by atoms with Crippen LogP contribution in [-0.2, 0) is 4.79 Å². The number of carbonyl (C=O) groups excluding carboxylic acids is 1. The van der Waals surface area contributed by atoms with Crippen LogP contribution in [0.1, 0.15) is 23.5 Å². The van der Waals surface area contributed by atoms with Gasteiger partial charge in [0.15, 0.2) is 0 Å². The van der Waals surface area contributed by atoms with E-state index in [-0.39, 0.29) is 11.6 Å². The number of rotatable bonds is 3. The lowest BCUT2D eigenvalue weighted by molar-refractivity contribution is -0.140. The minimum absolute atomic E-state index is 0.244. The molecule has 1 atom stereocenters. The van der Waals surface area contributed by atoms with E-state index in [1.807, 2.05) is 0 Å². The number of carboxylic acids is 1. The number of amides is 1. The molecule has 0 saturated heterocycles. The molecule has 0 saturated carbocycles. The molecule has 1 aromatic rings. The summed E-state index contributed by atoms with van der Waals surface area (Å²) in [6.45, 7) is 1.50. The SMILES string of the molecule is C[C@@H](C(=O)O)n1ccc(C(=O)N(C)C)n1. The Hall–Kier alpha value is -1.85. The summed E-state index contributed by atoms with van der Waals surface area (Å²) in [7, 11) is 3.23. The molecule has 82 valence electrons. The highest BCUT2D eigenvalue weighted by molar-refractivity contribution is 5.91. The van der Waals surface area contributed by atoms with Crippen LogP contribution in [0.2, 0.25) is 0 Å². The van der Waals surface area contributed by atoms with E-state index < -0.39 is 12.0 Å². The average Bonchev–Trinajstić information content (AvgIpc) is 2.63. The Kier molecular flexibility index (Phi) is 3.08. The number of hydrogen-bond donors (Lipinski definition) is 1. The van der Waals surface area contributed by atoms with E-state index in [1.54, 1.807) is 14.1 Å². The molecule has 0 radical (unpaired) electrons. The predicted molar refractivity (Wildman–Crippen MR) is 52.6 cm³/mol. The Morgan fingerprint density at radius 3 is 2.60 bits per heavy atom. The number of aliphatic carboxylic acids is 1. The fourth-order valence-corrected chi connectivity index (χ4v) is 1.01. The number of aromatic nitrogens is 2. The Morgan fingerprint density at radius 2 is 2.13 bits per heavy atom. The second kappa shape index (κ2) is 4.12. The quantitative estimate of drug-likeness (QED) is 0.776. The molecule has 15 heavy (non-hydrogen) atoms. The fraction of sp³-hybridized carbons (Fsp3) is 0.444. The van der Waals surface area contributed by atoms with E-state index in [1.165, 1.54) is 28.8 Å². The van der Waals surface area contributed by atoms with Gasteiger partial charge in [-0.05, 0) is 13.0 Å². The number of nitrogens with zero attached hydrogens (tertiary/aromatic N) is 3. The van der Waals surface area contributed by atoms with Crippen LogP contribution in [0.3, 0.4) is 0 Å². The maximum atomic E-state index is 11.5. The highest BCUT2D eigenvalue weighted by Gasteiger charge is 2.17. The van der Waals surface area contributed by atoms with Crippen molar-refractivity contribution >= 4 is 11.9 Å². The second-order valence-corrected chi connectivity index (χ2v) is 3.39. The Labute approximate surface area is 87.1 Å². The Morgan fingerprint density at radius 1 is 1.53 bits per heavy atom. The monoisotopic (exact) mass is 211 g/mol. The molecular formula is C9H13N3O3. The summed E-state index contributed by atoms with van der Waals surface area (Å²) in [4.78, 5) is 23.5. The number of carboxylic acid groups (broad SMARTS) is 1. The van der Waals surface area contributed by atoms with Gasteiger partial charge >= 0.3 is 5.97 Å². The van der Waals surface area contributed by atoms with Gasteiger partial charge in [0.25, 0.3) is 5.91 Å². The first kappa shape index (κ1) is 11.2. The zero-order valence-corrected chi connectivity index (χ0v) is 8.84. The molecular weight excluding hydrogens is 198 g/mol. The summed E-state index contributed by atoms with van der Waals surface area (Å²) in [5, 5.41) is 12.6. The lowest BCUT2D eigenvalue weighted by Gasteiger charge is -2.08. The molecule has 0 fully saturated rings. The maximum Gasteiger partial charge on any atom is 0.328 e. The maximum absolute atomic E-state index is 11.5. The van der Waals surface area contributed by atoms with E-state index in [4.69, 9.17) is 5.11 Å². The molecule has 0 unspecified atom stereocenters. The molecule has 1 N–H and O–H groups in total. The van der Waals surface area contributed by atoms with E-state index in [2.05, 4.69) is 5.10 Å². The largest absolute Gasteiger partial charge is 0.480 e. The predicted octanol–water partition coefficient (Wildman–Crippen LogP) is 0.231. The average molecular weight is 211 g/mol. The van der Waals surface area contributed by atoms with Crippen LogP contribution in [0.4, 0.5) is 0 Å². The van der Waals surface area contributed by atoms with Crippen LogP contribution < -0.4 is 0 Å². The highest BCUT2D eigenvalue weighted by atomic mass is 16.4.